The summed E-state index contributed by atoms with van der Waals surface area (Å²) in [6.45, 7) is 4.46. The first-order valence-corrected chi connectivity index (χ1v) is 5.84. The van der Waals surface area contributed by atoms with Crippen molar-refractivity contribution in [3.63, 3.8) is 0 Å². The van der Waals surface area contributed by atoms with E-state index in [-0.39, 0.29) is 0 Å². The number of rotatable bonds is 5. The molecule has 0 unspecified atom stereocenters. The molecular weight excluding hydrogens is 214 g/mol. The van der Waals surface area contributed by atoms with Crippen molar-refractivity contribution in [2.24, 2.45) is 7.05 Å². The maximum absolute atomic E-state index is 5.00. The average molecular weight is 233 g/mol. The molecule has 1 heterocycles. The Labute approximate surface area is 102 Å². The molecule has 0 saturated carbocycles. The first-order chi connectivity index (χ1) is 8.24. The lowest BCUT2D eigenvalue weighted by Gasteiger charge is -2.05. The quantitative estimate of drug-likeness (QED) is 0.798. The summed E-state index contributed by atoms with van der Waals surface area (Å²) in [6.07, 6.45) is 0. The van der Waals surface area contributed by atoms with E-state index in [1.165, 1.54) is 11.1 Å². The van der Waals surface area contributed by atoms with Crippen LogP contribution in [0.4, 0.5) is 0 Å². The summed E-state index contributed by atoms with van der Waals surface area (Å²) in [6, 6.07) is 6.22. The van der Waals surface area contributed by atoms with Crippen LogP contribution in [0.2, 0.25) is 0 Å². The van der Waals surface area contributed by atoms with Crippen molar-refractivity contribution in [3.8, 4) is 0 Å². The molecule has 0 aliphatic carbocycles. The standard InChI is InChI=1S/C13H19N3O/c1-10-5-4-6-11-13(10)16(2)12(15-11)9-14-7-8-17-3/h4-6,14H,7-9H2,1-3H3. The molecule has 0 spiro atoms. The minimum absolute atomic E-state index is 0.725. The molecule has 2 aromatic rings. The number of para-hydroxylation sites is 1. The van der Waals surface area contributed by atoms with Crippen molar-refractivity contribution < 1.29 is 4.74 Å². The smallest absolute Gasteiger partial charge is 0.123 e. The summed E-state index contributed by atoms with van der Waals surface area (Å²) in [7, 11) is 3.77. The number of imidazole rings is 1. The normalized spacial score (nSPS) is 11.2. The minimum Gasteiger partial charge on any atom is -0.383 e. The predicted octanol–water partition coefficient (Wildman–Crippen LogP) is 1.62. The molecule has 0 bridgehead atoms. The number of nitrogens with one attached hydrogen (secondary N) is 1. The molecule has 1 aromatic carbocycles. The van der Waals surface area contributed by atoms with Crippen molar-refractivity contribution >= 4 is 11.0 Å². The van der Waals surface area contributed by atoms with Crippen molar-refractivity contribution in [2.45, 2.75) is 13.5 Å². The molecule has 4 nitrogen and oxygen atoms in total. The van der Waals surface area contributed by atoms with Crippen molar-refractivity contribution in [1.29, 1.82) is 0 Å². The highest BCUT2D eigenvalue weighted by molar-refractivity contribution is 5.79. The van der Waals surface area contributed by atoms with Crippen LogP contribution >= 0.6 is 0 Å². The number of aromatic nitrogens is 2. The topological polar surface area (TPSA) is 39.1 Å². The first-order valence-electron chi connectivity index (χ1n) is 5.84. The van der Waals surface area contributed by atoms with E-state index in [4.69, 9.17) is 4.74 Å². The van der Waals surface area contributed by atoms with Gasteiger partial charge in [0.1, 0.15) is 5.82 Å². The van der Waals surface area contributed by atoms with Gasteiger partial charge >= 0.3 is 0 Å². The first kappa shape index (κ1) is 12.1. The number of aryl methyl sites for hydroxylation is 2. The summed E-state index contributed by atoms with van der Waals surface area (Å²) in [5.74, 6) is 1.06. The van der Waals surface area contributed by atoms with Crippen molar-refractivity contribution in [3.05, 3.63) is 29.6 Å². The largest absolute Gasteiger partial charge is 0.383 e. The average Bonchev–Trinajstić information content (AvgIpc) is 2.63. The third-order valence-electron chi connectivity index (χ3n) is 2.95. The summed E-state index contributed by atoms with van der Waals surface area (Å²) in [4.78, 5) is 4.63. The molecule has 2 rings (SSSR count). The molecule has 4 heteroatoms. The number of hydrogen-bond donors (Lipinski definition) is 1. The zero-order valence-electron chi connectivity index (χ0n) is 10.7. The monoisotopic (exact) mass is 233 g/mol. The van der Waals surface area contributed by atoms with Crippen LogP contribution in [-0.4, -0.2) is 29.8 Å². The van der Waals surface area contributed by atoms with Crippen LogP contribution in [0.25, 0.3) is 11.0 Å². The lowest BCUT2D eigenvalue weighted by Crippen LogP contribution is -2.20. The number of benzene rings is 1. The number of fused-ring (bicyclic) bond motifs is 1. The molecule has 0 aliphatic rings. The maximum atomic E-state index is 5.00. The van der Waals surface area contributed by atoms with Gasteiger partial charge in [-0.25, -0.2) is 4.98 Å². The fourth-order valence-corrected chi connectivity index (χ4v) is 2.05. The SMILES string of the molecule is COCCNCc1nc2cccc(C)c2n1C. The Morgan fingerprint density at radius 3 is 2.94 bits per heavy atom. The summed E-state index contributed by atoms with van der Waals surface area (Å²) in [5, 5.41) is 3.32. The van der Waals surface area contributed by atoms with Gasteiger partial charge in [0.2, 0.25) is 0 Å². The van der Waals surface area contributed by atoms with Crippen LogP contribution in [0, 0.1) is 6.92 Å². The van der Waals surface area contributed by atoms with Gasteiger partial charge in [-0.2, -0.15) is 0 Å². The van der Waals surface area contributed by atoms with Crippen molar-refractivity contribution in [2.75, 3.05) is 20.3 Å². The summed E-state index contributed by atoms with van der Waals surface area (Å²) < 4.78 is 7.16. The summed E-state index contributed by atoms with van der Waals surface area (Å²) in [5.41, 5.74) is 3.55. The number of nitrogens with zero attached hydrogens (tertiary/aromatic N) is 2. The Hall–Kier alpha value is -1.39. The second-order valence-corrected chi connectivity index (χ2v) is 4.20. The van der Waals surface area contributed by atoms with Gasteiger partial charge in [0.25, 0.3) is 0 Å². The van der Waals surface area contributed by atoms with E-state index in [0.29, 0.717) is 0 Å². The molecule has 0 amide bonds. The van der Waals surface area contributed by atoms with Gasteiger partial charge in [0.15, 0.2) is 0 Å². The highest BCUT2D eigenvalue weighted by Gasteiger charge is 2.08. The predicted molar refractivity (Wildman–Crippen MR) is 69.0 cm³/mol. The van der Waals surface area contributed by atoms with Crippen LogP contribution in [0.1, 0.15) is 11.4 Å². The molecule has 0 saturated heterocycles. The van der Waals surface area contributed by atoms with Gasteiger partial charge in [-0.05, 0) is 18.6 Å². The van der Waals surface area contributed by atoms with Crippen LogP contribution < -0.4 is 5.32 Å². The molecule has 0 aliphatic heterocycles. The van der Waals surface area contributed by atoms with Crippen molar-refractivity contribution in [1.82, 2.24) is 14.9 Å². The van der Waals surface area contributed by atoms with E-state index in [1.807, 2.05) is 6.07 Å². The third kappa shape index (κ3) is 2.48. The van der Waals surface area contributed by atoms with E-state index in [2.05, 4.69) is 41.0 Å². The molecule has 1 N–H and O–H groups in total. The molecule has 0 fully saturated rings. The van der Waals surface area contributed by atoms with E-state index in [9.17, 15) is 0 Å². The second-order valence-electron chi connectivity index (χ2n) is 4.20. The fraction of sp³-hybridized carbons (Fsp3) is 0.462. The van der Waals surface area contributed by atoms with Crippen LogP contribution in [0.5, 0.6) is 0 Å². The highest BCUT2D eigenvalue weighted by atomic mass is 16.5. The van der Waals surface area contributed by atoms with E-state index >= 15 is 0 Å². The lowest BCUT2D eigenvalue weighted by molar-refractivity contribution is 0.199. The molecule has 92 valence electrons. The highest BCUT2D eigenvalue weighted by Crippen LogP contribution is 2.18. The molecule has 0 radical (unpaired) electrons. The Bertz CT molecular complexity index is 505. The van der Waals surface area contributed by atoms with Gasteiger partial charge in [0, 0.05) is 20.7 Å². The molecular formula is C13H19N3O. The molecule has 17 heavy (non-hydrogen) atoms. The molecule has 0 atom stereocenters. The second kappa shape index (κ2) is 5.29. The maximum Gasteiger partial charge on any atom is 0.123 e. The zero-order valence-corrected chi connectivity index (χ0v) is 10.7. The Kier molecular flexibility index (Phi) is 3.76. The van der Waals surface area contributed by atoms with Crippen LogP contribution in [-0.2, 0) is 18.3 Å². The zero-order chi connectivity index (χ0) is 12.3. The number of methoxy groups -OCH3 is 1. The number of hydrogen-bond acceptors (Lipinski definition) is 3. The molecule has 1 aromatic heterocycles. The van der Waals surface area contributed by atoms with Crippen LogP contribution in [0.15, 0.2) is 18.2 Å². The van der Waals surface area contributed by atoms with Gasteiger partial charge in [0.05, 0.1) is 24.2 Å². The van der Waals surface area contributed by atoms with E-state index in [0.717, 1.165) is 31.0 Å². The van der Waals surface area contributed by atoms with E-state index < -0.39 is 0 Å². The Morgan fingerprint density at radius 1 is 1.41 bits per heavy atom. The third-order valence-corrected chi connectivity index (χ3v) is 2.95. The Balaban J connectivity index is 2.18. The Morgan fingerprint density at radius 2 is 2.24 bits per heavy atom. The van der Waals surface area contributed by atoms with Gasteiger partial charge in [-0.3, -0.25) is 0 Å². The van der Waals surface area contributed by atoms with Gasteiger partial charge < -0.3 is 14.6 Å². The van der Waals surface area contributed by atoms with Crippen LogP contribution in [0.3, 0.4) is 0 Å². The van der Waals surface area contributed by atoms with Gasteiger partial charge in [-0.15, -0.1) is 0 Å². The lowest BCUT2D eigenvalue weighted by atomic mass is 10.2. The van der Waals surface area contributed by atoms with Gasteiger partial charge in [-0.1, -0.05) is 12.1 Å². The van der Waals surface area contributed by atoms with E-state index in [1.54, 1.807) is 7.11 Å². The summed E-state index contributed by atoms with van der Waals surface area (Å²) >= 11 is 0. The number of ether oxygens (including phenoxy) is 1. The minimum atomic E-state index is 0.725. The fourth-order valence-electron chi connectivity index (χ4n) is 2.05.